The van der Waals surface area contributed by atoms with Gasteiger partial charge in [0.25, 0.3) is 0 Å². The molecule has 3 heteroatoms. The van der Waals surface area contributed by atoms with Gasteiger partial charge in [0.2, 0.25) is 0 Å². The fraction of sp³-hybridized carbons (Fsp3) is 1.00. The average Bonchev–Trinajstić information content (AvgIpc) is 2.30. The van der Waals surface area contributed by atoms with Crippen molar-refractivity contribution in [3.63, 3.8) is 0 Å². The summed E-state index contributed by atoms with van der Waals surface area (Å²) < 4.78 is 0. The van der Waals surface area contributed by atoms with E-state index in [0.29, 0.717) is 11.8 Å². The number of nitrogens with one attached hydrogen (secondary N) is 1. The molecule has 16 heavy (non-hydrogen) atoms. The van der Waals surface area contributed by atoms with Gasteiger partial charge in [-0.05, 0) is 12.8 Å². The molecule has 0 radical (unpaired) electrons. The van der Waals surface area contributed by atoms with Gasteiger partial charge >= 0.3 is 0 Å². The molecule has 2 bridgehead atoms. The Labute approximate surface area is 98.2 Å². The first-order valence-corrected chi connectivity index (χ1v) is 6.97. The number of piperidine rings is 2. The van der Waals surface area contributed by atoms with Crippen LogP contribution in [0.2, 0.25) is 0 Å². The van der Waals surface area contributed by atoms with Gasteiger partial charge in [-0.15, -0.1) is 0 Å². The molecule has 2 aliphatic heterocycles. The lowest BCUT2D eigenvalue weighted by Gasteiger charge is -2.48. The molecule has 2 saturated heterocycles. The number of aliphatic hydroxyl groups excluding tert-OH is 1. The number of rotatable bonds is 1. The van der Waals surface area contributed by atoms with E-state index in [9.17, 15) is 5.11 Å². The van der Waals surface area contributed by atoms with Gasteiger partial charge in [0.15, 0.2) is 0 Å². The third kappa shape index (κ3) is 2.01. The van der Waals surface area contributed by atoms with Crippen LogP contribution in [0.15, 0.2) is 0 Å². The molecule has 0 amide bonds. The van der Waals surface area contributed by atoms with Gasteiger partial charge in [0.1, 0.15) is 0 Å². The molecule has 1 aliphatic carbocycles. The van der Waals surface area contributed by atoms with Crippen LogP contribution in [0.1, 0.15) is 32.1 Å². The van der Waals surface area contributed by atoms with Crippen LogP contribution < -0.4 is 5.32 Å². The molecule has 2 N–H and O–H groups in total. The zero-order valence-electron chi connectivity index (χ0n) is 10.1. The van der Waals surface area contributed by atoms with Crippen LogP contribution in [0.4, 0.5) is 0 Å². The van der Waals surface area contributed by atoms with Gasteiger partial charge in [0.05, 0.1) is 6.10 Å². The molecule has 92 valence electrons. The summed E-state index contributed by atoms with van der Waals surface area (Å²) in [6.07, 6.45) is 7.00. The summed E-state index contributed by atoms with van der Waals surface area (Å²) in [5.74, 6) is 0.962. The lowest BCUT2D eigenvalue weighted by molar-refractivity contribution is -0.0566. The molecular formula is C13H24N2O. The Balaban J connectivity index is 1.64. The Bertz CT molecular complexity index is 226. The van der Waals surface area contributed by atoms with Crippen LogP contribution >= 0.6 is 0 Å². The number of hydrogen-bond donors (Lipinski definition) is 2. The smallest absolute Gasteiger partial charge is 0.0645 e. The first kappa shape index (κ1) is 11.0. The Kier molecular flexibility index (Phi) is 3.18. The van der Waals surface area contributed by atoms with E-state index in [2.05, 4.69) is 10.2 Å². The first-order chi connectivity index (χ1) is 7.84. The molecule has 2 heterocycles. The molecule has 0 aromatic carbocycles. The summed E-state index contributed by atoms with van der Waals surface area (Å²) >= 11 is 0. The first-order valence-electron chi connectivity index (χ1n) is 6.97. The van der Waals surface area contributed by atoms with Crippen molar-refractivity contribution in [3.8, 4) is 0 Å². The molecule has 3 aliphatic rings. The van der Waals surface area contributed by atoms with Gasteiger partial charge in [0, 0.05) is 44.1 Å². The van der Waals surface area contributed by atoms with E-state index in [1.54, 1.807) is 0 Å². The summed E-state index contributed by atoms with van der Waals surface area (Å²) in [5, 5.41) is 13.6. The van der Waals surface area contributed by atoms with Crippen molar-refractivity contribution in [1.29, 1.82) is 0 Å². The average molecular weight is 224 g/mol. The molecule has 2 atom stereocenters. The monoisotopic (exact) mass is 224 g/mol. The van der Waals surface area contributed by atoms with E-state index in [0.717, 1.165) is 32.2 Å². The van der Waals surface area contributed by atoms with Crippen LogP contribution in [0.25, 0.3) is 0 Å². The predicted octanol–water partition coefficient (Wildman–Crippen LogP) is 0.831. The molecule has 3 nitrogen and oxygen atoms in total. The quantitative estimate of drug-likeness (QED) is 0.692. The Morgan fingerprint density at radius 3 is 2.19 bits per heavy atom. The maximum Gasteiger partial charge on any atom is 0.0645 e. The maximum absolute atomic E-state index is 10.1. The minimum absolute atomic E-state index is 0.0407. The van der Waals surface area contributed by atoms with E-state index in [1.165, 1.54) is 32.1 Å². The van der Waals surface area contributed by atoms with Gasteiger partial charge in [-0.2, -0.15) is 0 Å². The molecule has 0 spiro atoms. The molecule has 0 aromatic heterocycles. The topological polar surface area (TPSA) is 35.5 Å². The van der Waals surface area contributed by atoms with Crippen molar-refractivity contribution in [2.75, 3.05) is 26.2 Å². The normalized spacial score (nSPS) is 42.2. The van der Waals surface area contributed by atoms with Gasteiger partial charge in [-0.1, -0.05) is 19.3 Å². The minimum atomic E-state index is -0.0407. The number of aliphatic hydroxyl groups is 1. The second kappa shape index (κ2) is 4.63. The van der Waals surface area contributed by atoms with Gasteiger partial charge in [-0.25, -0.2) is 0 Å². The Hall–Kier alpha value is -0.120. The van der Waals surface area contributed by atoms with Crippen molar-refractivity contribution >= 4 is 0 Å². The molecular weight excluding hydrogens is 200 g/mol. The maximum atomic E-state index is 10.1. The van der Waals surface area contributed by atoms with Crippen LogP contribution in [-0.4, -0.2) is 48.3 Å². The van der Waals surface area contributed by atoms with E-state index in [-0.39, 0.29) is 6.10 Å². The van der Waals surface area contributed by atoms with E-state index < -0.39 is 0 Å². The molecule has 1 saturated carbocycles. The Morgan fingerprint density at radius 2 is 1.56 bits per heavy atom. The molecule has 2 unspecified atom stereocenters. The summed E-state index contributed by atoms with van der Waals surface area (Å²) in [5.41, 5.74) is 0. The van der Waals surface area contributed by atoms with Crippen LogP contribution in [0.5, 0.6) is 0 Å². The van der Waals surface area contributed by atoms with Crippen LogP contribution in [0.3, 0.4) is 0 Å². The SMILES string of the molecule is OC1C2CNCC1CN(C1CCCCC1)C2. The zero-order chi connectivity index (χ0) is 11.0. The highest BCUT2D eigenvalue weighted by molar-refractivity contribution is 4.94. The van der Waals surface area contributed by atoms with Crippen molar-refractivity contribution < 1.29 is 5.11 Å². The third-order valence-electron chi connectivity index (χ3n) is 4.81. The van der Waals surface area contributed by atoms with E-state index in [4.69, 9.17) is 0 Å². The summed E-state index contributed by atoms with van der Waals surface area (Å²) in [4.78, 5) is 2.68. The predicted molar refractivity (Wildman–Crippen MR) is 64.3 cm³/mol. The molecule has 0 aromatic rings. The second-order valence-corrected chi connectivity index (χ2v) is 5.91. The highest BCUT2D eigenvalue weighted by atomic mass is 16.3. The standard InChI is InChI=1S/C13H24N2O/c16-13-10-6-14-7-11(13)9-15(8-10)12-4-2-1-3-5-12/h10-14,16H,1-9H2. The largest absolute Gasteiger partial charge is 0.392 e. The molecule has 3 fully saturated rings. The van der Waals surface area contributed by atoms with Crippen LogP contribution in [-0.2, 0) is 0 Å². The summed E-state index contributed by atoms with van der Waals surface area (Å²) in [6, 6.07) is 0.823. The van der Waals surface area contributed by atoms with E-state index >= 15 is 0 Å². The second-order valence-electron chi connectivity index (χ2n) is 5.91. The fourth-order valence-corrected chi connectivity index (χ4v) is 3.85. The minimum Gasteiger partial charge on any atom is -0.392 e. The molecule has 3 rings (SSSR count). The van der Waals surface area contributed by atoms with E-state index in [1.807, 2.05) is 0 Å². The number of likely N-dealkylation sites (tertiary alicyclic amines) is 1. The lowest BCUT2D eigenvalue weighted by atomic mass is 9.81. The van der Waals surface area contributed by atoms with Crippen molar-refractivity contribution in [2.24, 2.45) is 11.8 Å². The fourth-order valence-electron chi connectivity index (χ4n) is 3.85. The number of hydrogen-bond acceptors (Lipinski definition) is 3. The highest BCUT2D eigenvalue weighted by Gasteiger charge is 2.40. The number of nitrogens with zero attached hydrogens (tertiary/aromatic N) is 1. The Morgan fingerprint density at radius 1 is 0.938 bits per heavy atom. The third-order valence-corrected chi connectivity index (χ3v) is 4.81. The van der Waals surface area contributed by atoms with Gasteiger partial charge in [-0.3, -0.25) is 4.90 Å². The van der Waals surface area contributed by atoms with Gasteiger partial charge < -0.3 is 10.4 Å². The van der Waals surface area contributed by atoms with Crippen molar-refractivity contribution in [3.05, 3.63) is 0 Å². The van der Waals surface area contributed by atoms with Crippen molar-refractivity contribution in [1.82, 2.24) is 10.2 Å². The number of fused-ring (bicyclic) bond motifs is 2. The zero-order valence-corrected chi connectivity index (χ0v) is 10.1. The summed E-state index contributed by atoms with van der Waals surface area (Å²) in [7, 11) is 0. The van der Waals surface area contributed by atoms with Crippen molar-refractivity contribution in [2.45, 2.75) is 44.2 Å². The lowest BCUT2D eigenvalue weighted by Crippen LogP contribution is -2.61. The summed E-state index contributed by atoms with van der Waals surface area (Å²) in [6.45, 7) is 4.27. The van der Waals surface area contributed by atoms with Crippen LogP contribution in [0, 0.1) is 11.8 Å². The highest BCUT2D eigenvalue weighted by Crippen LogP contribution is 2.30.